The van der Waals surface area contributed by atoms with Gasteiger partial charge in [-0.2, -0.15) is 5.10 Å². The van der Waals surface area contributed by atoms with Crippen molar-refractivity contribution in [1.29, 1.82) is 0 Å². The van der Waals surface area contributed by atoms with Crippen LogP contribution < -0.4 is 0 Å². The first-order valence-corrected chi connectivity index (χ1v) is 9.40. The number of carbonyl (C=O) groups excluding carboxylic acids is 1. The maximum atomic E-state index is 12.8. The summed E-state index contributed by atoms with van der Waals surface area (Å²) in [5.41, 5.74) is 1.94. The molecule has 8 heteroatoms. The molecule has 0 unspecified atom stereocenters. The first-order chi connectivity index (χ1) is 13.1. The average Bonchev–Trinajstić information content (AvgIpc) is 3.36. The van der Waals surface area contributed by atoms with Crippen molar-refractivity contribution >= 4 is 29.1 Å². The SMILES string of the molecule is O=C(c1cc(-c2ccc(Cl)c(Cl)c2)n[nH]1)N1CCN(Cc2ccco2)CC1. The lowest BCUT2D eigenvalue weighted by molar-refractivity contribution is 0.0614. The number of furan rings is 1. The highest BCUT2D eigenvalue weighted by Gasteiger charge is 2.24. The van der Waals surface area contributed by atoms with E-state index in [1.54, 1.807) is 24.5 Å². The second-order valence-electron chi connectivity index (χ2n) is 6.44. The second kappa shape index (κ2) is 7.76. The minimum Gasteiger partial charge on any atom is -0.468 e. The Morgan fingerprint density at radius 1 is 1.11 bits per heavy atom. The van der Waals surface area contributed by atoms with Crippen LogP contribution in [0.4, 0.5) is 0 Å². The molecule has 4 rings (SSSR count). The normalized spacial score (nSPS) is 15.3. The van der Waals surface area contributed by atoms with Gasteiger partial charge in [0, 0.05) is 31.7 Å². The van der Waals surface area contributed by atoms with Crippen LogP contribution in [0.15, 0.2) is 47.1 Å². The van der Waals surface area contributed by atoms with Gasteiger partial charge >= 0.3 is 0 Å². The first-order valence-electron chi connectivity index (χ1n) is 8.65. The summed E-state index contributed by atoms with van der Waals surface area (Å²) in [4.78, 5) is 16.9. The summed E-state index contributed by atoms with van der Waals surface area (Å²) in [6.07, 6.45) is 1.68. The topological polar surface area (TPSA) is 65.4 Å². The Balaban J connectivity index is 1.39. The molecule has 0 radical (unpaired) electrons. The zero-order chi connectivity index (χ0) is 18.8. The van der Waals surface area contributed by atoms with Crippen molar-refractivity contribution in [3.8, 4) is 11.3 Å². The van der Waals surface area contributed by atoms with Crippen molar-refractivity contribution in [1.82, 2.24) is 20.0 Å². The number of benzene rings is 1. The lowest BCUT2D eigenvalue weighted by Crippen LogP contribution is -2.48. The van der Waals surface area contributed by atoms with Crippen LogP contribution in [-0.4, -0.2) is 52.1 Å². The predicted octanol–water partition coefficient (Wildman–Crippen LogP) is 3.93. The largest absolute Gasteiger partial charge is 0.468 e. The number of nitrogens with one attached hydrogen (secondary N) is 1. The second-order valence-corrected chi connectivity index (χ2v) is 7.26. The van der Waals surface area contributed by atoms with Crippen molar-refractivity contribution in [3.05, 3.63) is 64.2 Å². The molecule has 1 saturated heterocycles. The van der Waals surface area contributed by atoms with Crippen LogP contribution in [0.2, 0.25) is 10.0 Å². The predicted molar refractivity (Wildman–Crippen MR) is 104 cm³/mol. The standard InChI is InChI=1S/C19H18Cl2N4O2/c20-15-4-3-13(10-16(15)21)17-11-18(23-22-17)19(26)25-7-5-24(6-8-25)12-14-2-1-9-27-14/h1-4,9-11H,5-8,12H2,(H,22,23). The lowest BCUT2D eigenvalue weighted by Gasteiger charge is -2.33. The summed E-state index contributed by atoms with van der Waals surface area (Å²) in [6.45, 7) is 3.71. The van der Waals surface area contributed by atoms with Crippen molar-refractivity contribution in [2.75, 3.05) is 26.2 Å². The van der Waals surface area contributed by atoms with E-state index < -0.39 is 0 Å². The summed E-state index contributed by atoms with van der Waals surface area (Å²) in [6, 6.07) is 10.9. The smallest absolute Gasteiger partial charge is 0.271 e. The highest BCUT2D eigenvalue weighted by molar-refractivity contribution is 6.42. The Morgan fingerprint density at radius 2 is 1.93 bits per heavy atom. The molecule has 1 aromatic carbocycles. The summed E-state index contributed by atoms with van der Waals surface area (Å²) < 4.78 is 5.39. The van der Waals surface area contributed by atoms with Crippen molar-refractivity contribution < 1.29 is 9.21 Å². The summed E-state index contributed by atoms with van der Waals surface area (Å²) in [5, 5.41) is 8.02. The van der Waals surface area contributed by atoms with E-state index >= 15 is 0 Å². The van der Waals surface area contributed by atoms with Gasteiger partial charge in [-0.25, -0.2) is 0 Å². The summed E-state index contributed by atoms with van der Waals surface area (Å²) in [5.74, 6) is 0.890. The van der Waals surface area contributed by atoms with E-state index in [1.807, 2.05) is 23.1 Å². The van der Waals surface area contributed by atoms with Gasteiger partial charge in [0.1, 0.15) is 11.5 Å². The number of aromatic nitrogens is 2. The van der Waals surface area contributed by atoms with E-state index in [1.165, 1.54) is 0 Å². The quantitative estimate of drug-likeness (QED) is 0.714. The molecule has 3 aromatic rings. The molecule has 1 aliphatic heterocycles. The highest BCUT2D eigenvalue weighted by Crippen LogP contribution is 2.28. The third-order valence-corrected chi connectivity index (χ3v) is 5.38. The molecule has 0 aliphatic carbocycles. The monoisotopic (exact) mass is 404 g/mol. The Hall–Kier alpha value is -2.28. The minimum atomic E-state index is -0.0496. The van der Waals surface area contributed by atoms with E-state index in [0.29, 0.717) is 34.5 Å². The molecule has 0 bridgehead atoms. The van der Waals surface area contributed by atoms with Gasteiger partial charge in [-0.3, -0.25) is 14.8 Å². The van der Waals surface area contributed by atoms with Gasteiger partial charge in [-0.05, 0) is 30.3 Å². The van der Waals surface area contributed by atoms with Gasteiger partial charge in [0.25, 0.3) is 5.91 Å². The van der Waals surface area contributed by atoms with Gasteiger partial charge in [-0.1, -0.05) is 29.3 Å². The Kier molecular flexibility index (Phi) is 5.20. The van der Waals surface area contributed by atoms with Crippen LogP contribution in [0, 0.1) is 0 Å². The van der Waals surface area contributed by atoms with Crippen LogP contribution >= 0.6 is 23.2 Å². The van der Waals surface area contributed by atoms with Crippen molar-refractivity contribution in [3.63, 3.8) is 0 Å². The van der Waals surface area contributed by atoms with Gasteiger partial charge in [0.15, 0.2) is 0 Å². The maximum Gasteiger partial charge on any atom is 0.271 e. The van der Waals surface area contributed by atoms with E-state index in [-0.39, 0.29) is 5.91 Å². The summed E-state index contributed by atoms with van der Waals surface area (Å²) in [7, 11) is 0. The van der Waals surface area contributed by atoms with Crippen LogP contribution in [0.25, 0.3) is 11.3 Å². The molecular weight excluding hydrogens is 387 g/mol. The number of carbonyl (C=O) groups is 1. The molecule has 6 nitrogen and oxygen atoms in total. The molecule has 140 valence electrons. The molecule has 2 aromatic heterocycles. The zero-order valence-electron chi connectivity index (χ0n) is 14.5. The number of nitrogens with zero attached hydrogens (tertiary/aromatic N) is 3. The van der Waals surface area contributed by atoms with Gasteiger partial charge in [0.2, 0.25) is 0 Å². The van der Waals surface area contributed by atoms with Gasteiger partial charge < -0.3 is 9.32 Å². The molecule has 0 atom stereocenters. The number of rotatable bonds is 4. The number of hydrogen-bond donors (Lipinski definition) is 1. The first kappa shape index (κ1) is 18.1. The fraction of sp³-hybridized carbons (Fsp3) is 0.263. The number of piperazine rings is 1. The maximum absolute atomic E-state index is 12.8. The number of amides is 1. The Bertz CT molecular complexity index is 931. The highest BCUT2D eigenvalue weighted by atomic mass is 35.5. The van der Waals surface area contributed by atoms with Gasteiger partial charge in [-0.15, -0.1) is 0 Å². The molecule has 1 amide bonds. The van der Waals surface area contributed by atoms with Crippen molar-refractivity contribution in [2.24, 2.45) is 0 Å². The van der Waals surface area contributed by atoms with Crippen LogP contribution in [0.1, 0.15) is 16.2 Å². The number of aromatic amines is 1. The molecule has 27 heavy (non-hydrogen) atoms. The average molecular weight is 405 g/mol. The van der Waals surface area contributed by atoms with Crippen LogP contribution in [0.5, 0.6) is 0 Å². The Morgan fingerprint density at radius 3 is 2.63 bits per heavy atom. The lowest BCUT2D eigenvalue weighted by atomic mass is 10.1. The molecule has 1 aliphatic rings. The fourth-order valence-electron chi connectivity index (χ4n) is 3.14. The Labute approximate surface area is 166 Å². The van der Waals surface area contributed by atoms with E-state index in [9.17, 15) is 4.79 Å². The fourth-order valence-corrected chi connectivity index (χ4v) is 3.44. The number of H-pyrrole nitrogens is 1. The van der Waals surface area contributed by atoms with Crippen LogP contribution in [-0.2, 0) is 6.54 Å². The van der Waals surface area contributed by atoms with E-state index in [2.05, 4.69) is 15.1 Å². The third-order valence-electron chi connectivity index (χ3n) is 4.64. The number of halogens is 2. The van der Waals surface area contributed by atoms with Gasteiger partial charge in [0.05, 0.1) is 28.5 Å². The number of hydrogen-bond acceptors (Lipinski definition) is 4. The molecule has 0 saturated carbocycles. The minimum absolute atomic E-state index is 0.0496. The molecular formula is C19H18Cl2N4O2. The molecule has 1 N–H and O–H groups in total. The molecule has 3 heterocycles. The van der Waals surface area contributed by atoms with Crippen LogP contribution in [0.3, 0.4) is 0 Å². The van der Waals surface area contributed by atoms with E-state index in [0.717, 1.165) is 31.0 Å². The summed E-state index contributed by atoms with van der Waals surface area (Å²) >= 11 is 12.0. The molecule has 1 fully saturated rings. The third kappa shape index (κ3) is 4.03. The van der Waals surface area contributed by atoms with E-state index in [4.69, 9.17) is 27.6 Å². The van der Waals surface area contributed by atoms with Crippen molar-refractivity contribution in [2.45, 2.75) is 6.54 Å². The zero-order valence-corrected chi connectivity index (χ0v) is 16.0. The molecule has 0 spiro atoms.